The number of fused-ring (bicyclic) bond motifs is 3. The second kappa shape index (κ2) is 15.4. The van der Waals surface area contributed by atoms with Gasteiger partial charge in [-0.15, -0.1) is 54.1 Å². The Kier molecular flexibility index (Phi) is 8.04. The van der Waals surface area contributed by atoms with Gasteiger partial charge < -0.3 is 14.4 Å². The molecule has 0 N–H and O–H groups in total. The summed E-state index contributed by atoms with van der Waals surface area (Å²) in [6, 6.07) is 45.8. The monoisotopic (exact) mass is 849 g/mol. The first-order valence-electron chi connectivity index (χ1n) is 20.4. The van der Waals surface area contributed by atoms with E-state index in [1.54, 1.807) is 48.5 Å². The van der Waals surface area contributed by atoms with Crippen LogP contribution in [-0.4, -0.2) is 9.97 Å². The minimum Gasteiger partial charge on any atom is -0.500 e. The van der Waals surface area contributed by atoms with Gasteiger partial charge >= 0.3 is 0 Å². The maximum Gasteiger partial charge on any atom is 0.128 e. The molecule has 255 valence electrons. The minimum atomic E-state index is -2.39. The zero-order valence-electron chi connectivity index (χ0n) is 36.4. The third kappa shape index (κ3) is 8.10. The number of aryl methyl sites for hydroxylation is 2. The average Bonchev–Trinajstić information content (AvgIpc) is 3.60. The van der Waals surface area contributed by atoms with E-state index in [0.717, 1.165) is 38.7 Å². The van der Waals surface area contributed by atoms with Crippen LogP contribution in [0.4, 0.5) is 0 Å². The summed E-state index contributed by atoms with van der Waals surface area (Å²) < 4.78 is 70.0. The van der Waals surface area contributed by atoms with Crippen molar-refractivity contribution in [3.8, 4) is 44.8 Å². The quantitative estimate of drug-likeness (QED) is 0.162. The molecule has 0 bridgehead atoms. The fourth-order valence-electron chi connectivity index (χ4n) is 5.90. The first-order chi connectivity index (χ1) is 27.4. The minimum absolute atomic E-state index is 0. The fourth-order valence-corrected chi connectivity index (χ4v) is 5.90. The Balaban J connectivity index is 0.000000289. The van der Waals surface area contributed by atoms with Crippen molar-refractivity contribution >= 4 is 21.9 Å². The molecule has 0 spiro atoms. The van der Waals surface area contributed by atoms with E-state index in [-0.39, 0.29) is 31.2 Å². The van der Waals surface area contributed by atoms with Gasteiger partial charge in [-0.25, -0.2) is 0 Å². The molecule has 0 saturated carbocycles. The Morgan fingerprint density at radius 1 is 0.667 bits per heavy atom. The van der Waals surface area contributed by atoms with E-state index < -0.39 is 25.5 Å². The molecule has 0 aliphatic heterocycles. The average molecular weight is 849 g/mol. The standard InChI is InChI=1S/C35H30NO.C12H10N.Ir/c1-23-22-36-32(20-31(23)26-18-16-24(17-19-26)21-35(2,3)4)30-15-9-14-29-28-13-8-12-27(33(28)37-34(29)30)25-10-6-5-7-11-25;1-10-7-8-12(13-9-10)11-5-3-2-4-6-11;/h5-14,16-20,22H,21H2,1-4H3;2-5,7-9H,1H3;/q2*-1;/i1D3,21D2;1D3;. The Bertz CT molecular complexity index is 2690. The van der Waals surface area contributed by atoms with Crippen molar-refractivity contribution in [2.45, 2.75) is 40.8 Å². The first-order valence-corrected chi connectivity index (χ1v) is 16.4. The Labute approximate surface area is 326 Å². The summed E-state index contributed by atoms with van der Waals surface area (Å²) in [4.78, 5) is 8.70. The van der Waals surface area contributed by atoms with E-state index in [1.165, 1.54) is 12.4 Å². The molecule has 3 heterocycles. The van der Waals surface area contributed by atoms with Crippen LogP contribution in [0.3, 0.4) is 0 Å². The number of pyridine rings is 2. The third-order valence-corrected chi connectivity index (χ3v) is 8.17. The van der Waals surface area contributed by atoms with Gasteiger partial charge in [0.1, 0.15) is 5.58 Å². The van der Waals surface area contributed by atoms with E-state index in [9.17, 15) is 0 Å². The van der Waals surface area contributed by atoms with E-state index >= 15 is 0 Å². The Morgan fingerprint density at radius 3 is 2.14 bits per heavy atom. The van der Waals surface area contributed by atoms with Gasteiger partial charge in [-0.3, -0.25) is 0 Å². The van der Waals surface area contributed by atoms with Crippen molar-refractivity contribution in [3.05, 3.63) is 169 Å². The van der Waals surface area contributed by atoms with Gasteiger partial charge in [-0.1, -0.05) is 123 Å². The molecule has 51 heavy (non-hydrogen) atoms. The number of nitrogens with zero attached hydrogens (tertiary/aromatic N) is 2. The van der Waals surface area contributed by atoms with E-state index in [4.69, 9.17) is 15.4 Å². The van der Waals surface area contributed by atoms with Gasteiger partial charge in [-0.2, -0.15) is 0 Å². The number of para-hydroxylation sites is 1. The van der Waals surface area contributed by atoms with E-state index in [1.807, 2.05) is 87.5 Å². The maximum atomic E-state index is 8.63. The van der Waals surface area contributed by atoms with Crippen molar-refractivity contribution in [2.75, 3.05) is 0 Å². The molecule has 1 radical (unpaired) electrons. The predicted octanol–water partition coefficient (Wildman–Crippen LogP) is 12.5. The van der Waals surface area contributed by atoms with Crippen molar-refractivity contribution in [2.24, 2.45) is 5.41 Å². The van der Waals surface area contributed by atoms with E-state index in [0.29, 0.717) is 33.5 Å². The van der Waals surface area contributed by atoms with Gasteiger partial charge in [0.05, 0.1) is 5.58 Å². The van der Waals surface area contributed by atoms with Gasteiger partial charge in [0, 0.05) is 54.4 Å². The summed E-state index contributed by atoms with van der Waals surface area (Å²) in [5.41, 5.74) is 7.69. The van der Waals surface area contributed by atoms with E-state index in [2.05, 4.69) is 34.2 Å². The maximum absolute atomic E-state index is 8.63. The Hall–Kier alpha value is -5.15. The molecule has 3 aromatic heterocycles. The van der Waals surface area contributed by atoms with Crippen LogP contribution < -0.4 is 0 Å². The topological polar surface area (TPSA) is 38.9 Å². The number of hydrogen-bond donors (Lipinski definition) is 0. The van der Waals surface area contributed by atoms with Crippen LogP contribution >= 0.6 is 0 Å². The van der Waals surface area contributed by atoms with Gasteiger partial charge in [0.15, 0.2) is 0 Å². The van der Waals surface area contributed by atoms with Gasteiger partial charge in [0.2, 0.25) is 0 Å². The van der Waals surface area contributed by atoms with Crippen LogP contribution in [0.1, 0.15) is 48.4 Å². The normalized spacial score (nSPS) is 14.3. The molecule has 0 atom stereocenters. The van der Waals surface area contributed by atoms with Gasteiger partial charge in [-0.05, 0) is 70.3 Å². The molecule has 0 saturated heterocycles. The van der Waals surface area contributed by atoms with Crippen molar-refractivity contribution in [1.29, 1.82) is 0 Å². The van der Waals surface area contributed by atoms with Crippen LogP contribution in [0.25, 0.3) is 66.7 Å². The van der Waals surface area contributed by atoms with Gasteiger partial charge in [0.25, 0.3) is 0 Å². The molecular weight excluding hydrogens is 801 g/mol. The number of furan rings is 1. The molecule has 5 aromatic carbocycles. The largest absolute Gasteiger partial charge is 0.500 e. The second-order valence-electron chi connectivity index (χ2n) is 13.0. The molecule has 0 fully saturated rings. The van der Waals surface area contributed by atoms with Crippen LogP contribution in [0.5, 0.6) is 0 Å². The second-order valence-corrected chi connectivity index (χ2v) is 13.0. The SMILES string of the molecule is [2H]C([2H])([2H])c1ccc(-c2[c-]cccc2)nc1.[2H]C([2H])([2H])c1cnc(-c2[c-]ccc3c2oc2c(-c4ccccc4)cccc23)cc1-c1ccc(C([2H])([2H])C(C)(C)C)cc1.[Ir]. The summed E-state index contributed by atoms with van der Waals surface area (Å²) in [6.07, 6.45) is 1.24. The number of benzene rings is 5. The summed E-state index contributed by atoms with van der Waals surface area (Å²) in [5.74, 6) is 0. The zero-order chi connectivity index (χ0) is 41.5. The molecule has 0 aliphatic rings. The molecular formula is C47H40IrN2O-2. The molecule has 8 rings (SSSR count). The van der Waals surface area contributed by atoms with Crippen molar-refractivity contribution in [3.63, 3.8) is 0 Å². The molecule has 0 aliphatic carbocycles. The zero-order valence-corrected chi connectivity index (χ0v) is 30.8. The van der Waals surface area contributed by atoms with Crippen molar-refractivity contribution < 1.29 is 35.5 Å². The number of hydrogen-bond acceptors (Lipinski definition) is 3. The molecule has 3 nitrogen and oxygen atoms in total. The van der Waals surface area contributed by atoms with Crippen LogP contribution in [0.2, 0.25) is 0 Å². The van der Waals surface area contributed by atoms with Crippen LogP contribution in [0, 0.1) is 31.3 Å². The molecule has 0 unspecified atom stereocenters. The summed E-state index contributed by atoms with van der Waals surface area (Å²) in [5, 5.41) is 1.90. The fraction of sp³-hybridized carbons (Fsp3) is 0.149. The van der Waals surface area contributed by atoms with Crippen molar-refractivity contribution in [1.82, 2.24) is 9.97 Å². The summed E-state index contributed by atoms with van der Waals surface area (Å²) in [6.45, 7) is 1.10. The predicted molar refractivity (Wildman–Crippen MR) is 208 cm³/mol. The van der Waals surface area contributed by atoms with Crippen LogP contribution in [0.15, 0.2) is 144 Å². The molecule has 8 aromatic rings. The number of rotatable bonds is 5. The summed E-state index contributed by atoms with van der Waals surface area (Å²) >= 11 is 0. The number of aromatic nitrogens is 2. The first kappa shape index (κ1) is 26.6. The smallest absolute Gasteiger partial charge is 0.128 e. The molecule has 0 amide bonds. The Morgan fingerprint density at radius 2 is 1.43 bits per heavy atom. The third-order valence-electron chi connectivity index (χ3n) is 8.17. The molecule has 4 heteroatoms. The van der Waals surface area contributed by atoms with Crippen LogP contribution in [-0.2, 0) is 26.5 Å². The summed E-state index contributed by atoms with van der Waals surface area (Å²) in [7, 11) is 0.